The second-order valence-corrected chi connectivity index (χ2v) is 4.72. The predicted octanol–water partition coefficient (Wildman–Crippen LogP) is 3.09. The summed E-state index contributed by atoms with van der Waals surface area (Å²) in [4.78, 5) is 2.06. The van der Waals surface area contributed by atoms with Crippen LogP contribution in [0.2, 0.25) is 0 Å². The Morgan fingerprint density at radius 3 is 2.67 bits per heavy atom. The number of rotatable bonds is 7. The van der Waals surface area contributed by atoms with Crippen molar-refractivity contribution in [1.82, 2.24) is 4.90 Å². The van der Waals surface area contributed by atoms with Gasteiger partial charge in [-0.15, -0.1) is 0 Å². The molecule has 102 valence electrons. The third kappa shape index (κ3) is 4.35. The maximum absolute atomic E-state index is 13.5. The molecule has 2 nitrogen and oxygen atoms in total. The largest absolute Gasteiger partial charge is 0.323 e. The van der Waals surface area contributed by atoms with Gasteiger partial charge in [-0.1, -0.05) is 31.9 Å². The Kier molecular flexibility index (Phi) is 6.22. The summed E-state index contributed by atoms with van der Waals surface area (Å²) in [5.74, 6) is -1.66. The lowest BCUT2D eigenvalue weighted by atomic mass is 10.1. The molecule has 0 heterocycles. The fraction of sp³-hybridized carbons (Fsp3) is 0.571. The Morgan fingerprint density at radius 1 is 1.28 bits per heavy atom. The highest BCUT2D eigenvalue weighted by molar-refractivity contribution is 5.22. The molecule has 1 aromatic carbocycles. The third-order valence-corrected chi connectivity index (χ3v) is 3.03. The molecule has 1 atom stereocenters. The van der Waals surface area contributed by atoms with Gasteiger partial charge in [0, 0.05) is 18.2 Å². The van der Waals surface area contributed by atoms with Crippen LogP contribution in [0.1, 0.15) is 37.8 Å². The van der Waals surface area contributed by atoms with Gasteiger partial charge in [-0.3, -0.25) is 0 Å². The lowest BCUT2D eigenvalue weighted by Gasteiger charge is -2.21. The minimum atomic E-state index is -0.836. The fourth-order valence-electron chi connectivity index (χ4n) is 1.96. The van der Waals surface area contributed by atoms with E-state index in [1.54, 1.807) is 6.07 Å². The Balaban J connectivity index is 2.54. The zero-order valence-corrected chi connectivity index (χ0v) is 11.1. The van der Waals surface area contributed by atoms with Crippen LogP contribution in [0.5, 0.6) is 0 Å². The summed E-state index contributed by atoms with van der Waals surface area (Å²) in [6.45, 7) is 3.61. The first kappa shape index (κ1) is 15.1. The molecule has 0 aliphatic heterocycles. The molecule has 0 radical (unpaired) electrons. The van der Waals surface area contributed by atoms with Crippen molar-refractivity contribution in [2.24, 2.45) is 5.73 Å². The van der Waals surface area contributed by atoms with E-state index in [0.29, 0.717) is 6.54 Å². The fourth-order valence-corrected chi connectivity index (χ4v) is 1.96. The molecule has 0 saturated carbocycles. The number of benzene rings is 1. The van der Waals surface area contributed by atoms with Crippen molar-refractivity contribution in [3.8, 4) is 0 Å². The van der Waals surface area contributed by atoms with Gasteiger partial charge in [0.05, 0.1) is 0 Å². The highest BCUT2D eigenvalue weighted by atomic mass is 19.2. The minimum Gasteiger partial charge on any atom is -0.323 e. The smallest absolute Gasteiger partial charge is 0.163 e. The molecule has 1 rings (SSSR count). The molecular weight excluding hydrogens is 234 g/mol. The van der Waals surface area contributed by atoms with Crippen molar-refractivity contribution >= 4 is 0 Å². The molecule has 0 bridgehead atoms. The van der Waals surface area contributed by atoms with Crippen molar-refractivity contribution in [1.29, 1.82) is 0 Å². The molecule has 18 heavy (non-hydrogen) atoms. The molecule has 2 N–H and O–H groups in total. The third-order valence-electron chi connectivity index (χ3n) is 3.03. The van der Waals surface area contributed by atoms with Crippen LogP contribution < -0.4 is 5.73 Å². The van der Waals surface area contributed by atoms with E-state index >= 15 is 0 Å². The molecule has 0 amide bonds. The Morgan fingerprint density at radius 2 is 2.00 bits per heavy atom. The van der Waals surface area contributed by atoms with Gasteiger partial charge in [0.2, 0.25) is 0 Å². The van der Waals surface area contributed by atoms with Crippen LogP contribution in [-0.2, 0) is 0 Å². The summed E-state index contributed by atoms with van der Waals surface area (Å²) in [6.07, 6.45) is 3.44. The van der Waals surface area contributed by atoms with E-state index in [1.807, 2.05) is 7.05 Å². The topological polar surface area (TPSA) is 29.3 Å². The lowest BCUT2D eigenvalue weighted by molar-refractivity contribution is 0.302. The molecule has 0 saturated heterocycles. The van der Waals surface area contributed by atoms with Crippen LogP contribution in [0, 0.1) is 11.6 Å². The standard InChI is InChI=1S/C14H22F2N2/c1-3-4-5-9-18(2)10-13(17)11-7-6-8-12(15)14(11)16/h6-8,13H,3-5,9-10,17H2,1-2H3. The molecule has 0 aliphatic carbocycles. The average molecular weight is 256 g/mol. The highest BCUT2D eigenvalue weighted by Crippen LogP contribution is 2.18. The zero-order chi connectivity index (χ0) is 13.5. The molecular formula is C14H22F2N2. The van der Waals surface area contributed by atoms with Crippen LogP contribution >= 0.6 is 0 Å². The molecule has 4 heteroatoms. The normalized spacial score (nSPS) is 13.0. The predicted molar refractivity (Wildman–Crippen MR) is 70.3 cm³/mol. The van der Waals surface area contributed by atoms with E-state index in [-0.39, 0.29) is 5.56 Å². The van der Waals surface area contributed by atoms with Crippen molar-refractivity contribution < 1.29 is 8.78 Å². The van der Waals surface area contributed by atoms with Gasteiger partial charge in [0.1, 0.15) is 0 Å². The monoisotopic (exact) mass is 256 g/mol. The number of hydrogen-bond donors (Lipinski definition) is 1. The average Bonchev–Trinajstić information content (AvgIpc) is 2.32. The lowest BCUT2D eigenvalue weighted by Crippen LogP contribution is -2.30. The van der Waals surface area contributed by atoms with Crippen molar-refractivity contribution in [2.45, 2.75) is 32.2 Å². The number of nitrogens with zero attached hydrogens (tertiary/aromatic N) is 1. The van der Waals surface area contributed by atoms with Crippen molar-refractivity contribution in [3.63, 3.8) is 0 Å². The zero-order valence-electron chi connectivity index (χ0n) is 11.1. The van der Waals surface area contributed by atoms with Gasteiger partial charge in [-0.2, -0.15) is 0 Å². The second-order valence-electron chi connectivity index (χ2n) is 4.72. The summed E-state index contributed by atoms with van der Waals surface area (Å²) in [6, 6.07) is 3.65. The number of halogens is 2. The van der Waals surface area contributed by atoms with Gasteiger partial charge < -0.3 is 10.6 Å². The Hall–Kier alpha value is -1.00. The van der Waals surface area contributed by atoms with Crippen LogP contribution in [0.3, 0.4) is 0 Å². The van der Waals surface area contributed by atoms with Gasteiger partial charge in [0.25, 0.3) is 0 Å². The second kappa shape index (κ2) is 7.44. The summed E-state index contributed by atoms with van der Waals surface area (Å²) in [5, 5.41) is 0. The van der Waals surface area contributed by atoms with E-state index in [4.69, 9.17) is 5.73 Å². The summed E-state index contributed by atoms with van der Waals surface area (Å²) in [5.41, 5.74) is 6.17. The van der Waals surface area contributed by atoms with Gasteiger partial charge in [0.15, 0.2) is 11.6 Å². The van der Waals surface area contributed by atoms with E-state index < -0.39 is 17.7 Å². The molecule has 1 aromatic rings. The Bertz CT molecular complexity index is 369. The summed E-state index contributed by atoms with van der Waals surface area (Å²) < 4.78 is 26.6. The molecule has 1 unspecified atom stereocenters. The van der Waals surface area contributed by atoms with Gasteiger partial charge in [-0.25, -0.2) is 8.78 Å². The number of nitrogens with two attached hydrogens (primary N) is 1. The minimum absolute atomic E-state index is 0.248. The first-order valence-corrected chi connectivity index (χ1v) is 6.44. The molecule has 0 aromatic heterocycles. The van der Waals surface area contributed by atoms with Crippen molar-refractivity contribution in [3.05, 3.63) is 35.4 Å². The van der Waals surface area contributed by atoms with Gasteiger partial charge in [-0.05, 0) is 26.1 Å². The van der Waals surface area contributed by atoms with E-state index in [9.17, 15) is 8.78 Å². The first-order chi connectivity index (χ1) is 8.56. The Labute approximate surface area is 108 Å². The number of likely N-dealkylation sites (N-methyl/N-ethyl adjacent to an activating group) is 1. The van der Waals surface area contributed by atoms with E-state index in [2.05, 4.69) is 11.8 Å². The summed E-state index contributed by atoms with van der Waals surface area (Å²) in [7, 11) is 1.95. The van der Waals surface area contributed by atoms with E-state index in [1.165, 1.54) is 18.9 Å². The quantitative estimate of drug-likeness (QED) is 0.760. The maximum atomic E-state index is 13.5. The number of hydrogen-bond acceptors (Lipinski definition) is 2. The maximum Gasteiger partial charge on any atom is 0.163 e. The van der Waals surface area contributed by atoms with Crippen LogP contribution in [0.4, 0.5) is 8.78 Å². The SMILES string of the molecule is CCCCCN(C)CC(N)c1cccc(F)c1F. The molecule has 0 aliphatic rings. The number of unbranched alkanes of at least 4 members (excludes halogenated alkanes) is 2. The van der Waals surface area contributed by atoms with Crippen LogP contribution in [0.15, 0.2) is 18.2 Å². The molecule has 0 spiro atoms. The first-order valence-electron chi connectivity index (χ1n) is 6.44. The van der Waals surface area contributed by atoms with Crippen LogP contribution in [-0.4, -0.2) is 25.0 Å². The van der Waals surface area contributed by atoms with Gasteiger partial charge >= 0.3 is 0 Å². The van der Waals surface area contributed by atoms with E-state index in [0.717, 1.165) is 19.0 Å². The summed E-state index contributed by atoms with van der Waals surface area (Å²) >= 11 is 0. The highest BCUT2D eigenvalue weighted by Gasteiger charge is 2.15. The molecule has 0 fully saturated rings. The van der Waals surface area contributed by atoms with Crippen LogP contribution in [0.25, 0.3) is 0 Å². The van der Waals surface area contributed by atoms with Crippen molar-refractivity contribution in [2.75, 3.05) is 20.1 Å².